The van der Waals surface area contributed by atoms with E-state index < -0.39 is 11.9 Å². The van der Waals surface area contributed by atoms with Crippen molar-refractivity contribution in [2.45, 2.75) is 6.42 Å². The van der Waals surface area contributed by atoms with Gasteiger partial charge in [-0.05, 0) is 35.7 Å². The van der Waals surface area contributed by atoms with E-state index in [-0.39, 0.29) is 11.1 Å². The molecule has 0 saturated heterocycles. The predicted octanol–water partition coefficient (Wildman–Crippen LogP) is 2.43. The first kappa shape index (κ1) is 15.6. The summed E-state index contributed by atoms with van der Waals surface area (Å²) < 4.78 is 9.41. The first-order valence-electron chi connectivity index (χ1n) is 6.69. The molecule has 2 aromatic carbocycles. The van der Waals surface area contributed by atoms with Gasteiger partial charge in [0, 0.05) is 5.69 Å². The lowest BCUT2D eigenvalue weighted by Crippen LogP contribution is -2.12. The van der Waals surface area contributed by atoms with Crippen molar-refractivity contribution >= 4 is 17.6 Å². The van der Waals surface area contributed by atoms with Crippen molar-refractivity contribution in [2.24, 2.45) is 0 Å². The van der Waals surface area contributed by atoms with E-state index >= 15 is 0 Å². The Balaban J connectivity index is 2.40. The molecule has 114 valence electrons. The molecule has 0 amide bonds. The van der Waals surface area contributed by atoms with Crippen LogP contribution in [0, 0.1) is 0 Å². The van der Waals surface area contributed by atoms with Crippen molar-refractivity contribution in [3.05, 3.63) is 64.7 Å². The Kier molecular flexibility index (Phi) is 4.78. The van der Waals surface area contributed by atoms with Crippen LogP contribution in [0.1, 0.15) is 31.8 Å². The van der Waals surface area contributed by atoms with Gasteiger partial charge >= 0.3 is 11.9 Å². The second-order valence-electron chi connectivity index (χ2n) is 4.74. The van der Waals surface area contributed by atoms with Gasteiger partial charge in [0.1, 0.15) is 0 Å². The number of methoxy groups -OCH3 is 2. The maximum Gasteiger partial charge on any atom is 0.338 e. The van der Waals surface area contributed by atoms with Gasteiger partial charge in [-0.25, -0.2) is 9.59 Å². The zero-order chi connectivity index (χ0) is 16.1. The first-order valence-corrected chi connectivity index (χ1v) is 6.69. The quantitative estimate of drug-likeness (QED) is 0.693. The minimum Gasteiger partial charge on any atom is -0.465 e. The third-order valence-corrected chi connectivity index (χ3v) is 3.34. The molecule has 2 N–H and O–H groups in total. The molecule has 0 fully saturated rings. The summed E-state index contributed by atoms with van der Waals surface area (Å²) in [7, 11) is 2.53. The molecule has 0 aromatic heterocycles. The molecule has 0 aliphatic heterocycles. The highest BCUT2D eigenvalue weighted by Crippen LogP contribution is 2.20. The molecule has 22 heavy (non-hydrogen) atoms. The zero-order valence-corrected chi connectivity index (χ0v) is 12.5. The summed E-state index contributed by atoms with van der Waals surface area (Å²) in [6.07, 6.45) is 0.554. The number of carbonyl (C=O) groups is 2. The number of carbonyl (C=O) groups excluding carboxylic acids is 2. The summed E-state index contributed by atoms with van der Waals surface area (Å²) in [5.41, 5.74) is 8.77. The molecule has 0 saturated carbocycles. The molecular weight excluding hydrogens is 282 g/mol. The second-order valence-corrected chi connectivity index (χ2v) is 4.74. The third kappa shape index (κ3) is 3.25. The highest BCUT2D eigenvalue weighted by molar-refractivity contribution is 6.03. The normalized spacial score (nSPS) is 10.1. The van der Waals surface area contributed by atoms with Crippen LogP contribution in [-0.4, -0.2) is 26.2 Å². The van der Waals surface area contributed by atoms with Crippen LogP contribution in [0.25, 0.3) is 0 Å². The van der Waals surface area contributed by atoms with Gasteiger partial charge in [0.25, 0.3) is 0 Å². The molecule has 5 nitrogen and oxygen atoms in total. The van der Waals surface area contributed by atoms with Crippen molar-refractivity contribution in [2.75, 3.05) is 20.0 Å². The lowest BCUT2D eigenvalue weighted by Gasteiger charge is -2.10. The van der Waals surface area contributed by atoms with Gasteiger partial charge in [0.15, 0.2) is 0 Å². The fraction of sp³-hybridized carbons (Fsp3) is 0.176. The van der Waals surface area contributed by atoms with Crippen LogP contribution >= 0.6 is 0 Å². The van der Waals surface area contributed by atoms with E-state index in [9.17, 15) is 9.59 Å². The number of para-hydroxylation sites is 1. The van der Waals surface area contributed by atoms with Crippen LogP contribution in [0.4, 0.5) is 5.69 Å². The van der Waals surface area contributed by atoms with Gasteiger partial charge in [-0.15, -0.1) is 0 Å². The summed E-state index contributed by atoms with van der Waals surface area (Å²) in [4.78, 5) is 23.6. The molecule has 0 spiro atoms. The molecule has 2 rings (SSSR count). The van der Waals surface area contributed by atoms with Gasteiger partial charge < -0.3 is 15.2 Å². The molecule has 0 atom stereocenters. The van der Waals surface area contributed by atoms with Crippen LogP contribution in [-0.2, 0) is 15.9 Å². The molecule has 0 aliphatic carbocycles. The lowest BCUT2D eigenvalue weighted by atomic mass is 9.98. The topological polar surface area (TPSA) is 78.6 Å². The van der Waals surface area contributed by atoms with Gasteiger partial charge in [0.05, 0.1) is 25.3 Å². The van der Waals surface area contributed by atoms with Crippen LogP contribution < -0.4 is 5.73 Å². The minimum atomic E-state index is -0.580. The molecular formula is C17H17NO4. The number of hydrogen-bond acceptors (Lipinski definition) is 5. The first-order chi connectivity index (χ1) is 10.6. The Morgan fingerprint density at radius 2 is 1.59 bits per heavy atom. The Labute approximate surface area is 128 Å². The van der Waals surface area contributed by atoms with E-state index in [1.165, 1.54) is 14.2 Å². The van der Waals surface area contributed by atoms with Crippen LogP contribution in [0.3, 0.4) is 0 Å². The number of rotatable bonds is 4. The Hall–Kier alpha value is -2.82. The van der Waals surface area contributed by atoms with E-state index in [2.05, 4.69) is 4.74 Å². The standard InChI is InChI=1S/C17H17NO4/c1-21-16(19)13-8-7-11(10-14(13)17(20)22-2)9-12-5-3-4-6-15(12)18/h3-8,10H,9,18H2,1-2H3. The van der Waals surface area contributed by atoms with E-state index in [0.717, 1.165) is 11.1 Å². The molecule has 2 aromatic rings. The summed E-state index contributed by atoms with van der Waals surface area (Å²) in [5.74, 6) is -1.16. The highest BCUT2D eigenvalue weighted by atomic mass is 16.5. The average Bonchev–Trinajstić information content (AvgIpc) is 2.55. The predicted molar refractivity (Wildman–Crippen MR) is 82.8 cm³/mol. The lowest BCUT2D eigenvalue weighted by molar-refractivity contribution is 0.0555. The Morgan fingerprint density at radius 1 is 0.955 bits per heavy atom. The van der Waals surface area contributed by atoms with Crippen molar-refractivity contribution in [3.8, 4) is 0 Å². The van der Waals surface area contributed by atoms with E-state index in [1.807, 2.05) is 24.3 Å². The molecule has 0 bridgehead atoms. The summed E-state index contributed by atoms with van der Waals surface area (Å²) >= 11 is 0. The summed E-state index contributed by atoms with van der Waals surface area (Å²) in [5, 5.41) is 0. The number of nitrogens with two attached hydrogens (primary N) is 1. The fourth-order valence-electron chi connectivity index (χ4n) is 2.18. The van der Waals surface area contributed by atoms with Gasteiger partial charge in [-0.1, -0.05) is 24.3 Å². The van der Waals surface area contributed by atoms with Crippen LogP contribution in [0.5, 0.6) is 0 Å². The maximum absolute atomic E-state index is 11.9. The Morgan fingerprint density at radius 3 is 2.23 bits per heavy atom. The molecule has 0 heterocycles. The minimum absolute atomic E-state index is 0.180. The van der Waals surface area contributed by atoms with Crippen molar-refractivity contribution in [1.82, 2.24) is 0 Å². The van der Waals surface area contributed by atoms with Gasteiger partial charge in [0.2, 0.25) is 0 Å². The SMILES string of the molecule is COC(=O)c1ccc(Cc2ccccc2N)cc1C(=O)OC. The van der Waals surface area contributed by atoms with Crippen LogP contribution in [0.15, 0.2) is 42.5 Å². The zero-order valence-electron chi connectivity index (χ0n) is 12.5. The largest absolute Gasteiger partial charge is 0.465 e. The number of ether oxygens (including phenoxy) is 2. The average molecular weight is 299 g/mol. The Bertz CT molecular complexity index is 710. The van der Waals surface area contributed by atoms with E-state index in [4.69, 9.17) is 10.5 Å². The van der Waals surface area contributed by atoms with Crippen LogP contribution in [0.2, 0.25) is 0 Å². The van der Waals surface area contributed by atoms with Crippen molar-refractivity contribution < 1.29 is 19.1 Å². The second kappa shape index (κ2) is 6.76. The number of nitrogen functional groups attached to an aromatic ring is 1. The van der Waals surface area contributed by atoms with E-state index in [0.29, 0.717) is 12.1 Å². The number of hydrogen-bond donors (Lipinski definition) is 1. The number of anilines is 1. The number of benzene rings is 2. The highest BCUT2D eigenvalue weighted by Gasteiger charge is 2.19. The van der Waals surface area contributed by atoms with Crippen molar-refractivity contribution in [1.29, 1.82) is 0 Å². The number of esters is 2. The summed E-state index contributed by atoms with van der Waals surface area (Å²) in [6, 6.07) is 12.5. The smallest absolute Gasteiger partial charge is 0.338 e. The van der Waals surface area contributed by atoms with Gasteiger partial charge in [-0.2, -0.15) is 0 Å². The molecule has 0 aliphatic rings. The molecule has 5 heteroatoms. The van der Waals surface area contributed by atoms with Gasteiger partial charge in [-0.3, -0.25) is 0 Å². The third-order valence-electron chi connectivity index (χ3n) is 3.34. The fourth-order valence-corrected chi connectivity index (χ4v) is 2.18. The monoisotopic (exact) mass is 299 g/mol. The summed E-state index contributed by atoms with van der Waals surface area (Å²) in [6.45, 7) is 0. The maximum atomic E-state index is 11.9. The van der Waals surface area contributed by atoms with E-state index in [1.54, 1.807) is 18.2 Å². The molecule has 0 unspecified atom stereocenters. The molecule has 0 radical (unpaired) electrons. The van der Waals surface area contributed by atoms with Crippen molar-refractivity contribution in [3.63, 3.8) is 0 Å².